The van der Waals surface area contributed by atoms with Gasteiger partial charge in [0.15, 0.2) is 0 Å². The summed E-state index contributed by atoms with van der Waals surface area (Å²) in [4.78, 5) is 27.7. The molecule has 0 aliphatic heterocycles. The number of urea groups is 1. The summed E-state index contributed by atoms with van der Waals surface area (Å²) in [5.74, 6) is 1.14. The quantitative estimate of drug-likeness (QED) is 0.301. The van der Waals surface area contributed by atoms with Crippen molar-refractivity contribution in [3.05, 3.63) is 71.1 Å². The number of hydrogen-bond acceptors (Lipinski definition) is 5. The predicted molar refractivity (Wildman–Crippen MR) is 133 cm³/mol. The van der Waals surface area contributed by atoms with Crippen LogP contribution in [0.15, 0.2) is 52.9 Å². The maximum Gasteiger partial charge on any atom is 0.315 e. The zero-order valence-electron chi connectivity index (χ0n) is 20.3. The van der Waals surface area contributed by atoms with E-state index in [-0.39, 0.29) is 19.0 Å². The number of amides is 2. The van der Waals surface area contributed by atoms with E-state index in [4.69, 9.17) is 14.3 Å². The third kappa shape index (κ3) is 8.17. The van der Waals surface area contributed by atoms with Crippen molar-refractivity contribution in [1.29, 1.82) is 0 Å². The Morgan fingerprint density at radius 1 is 1.06 bits per heavy atom. The zero-order chi connectivity index (χ0) is 25.0. The molecule has 0 saturated carbocycles. The maximum absolute atomic E-state index is 12.1. The fraction of sp³-hybridized carbons (Fsp3) is 0.370. The molecule has 35 heavy (non-hydrogen) atoms. The summed E-state index contributed by atoms with van der Waals surface area (Å²) >= 11 is 0. The average Bonchev–Trinajstić information content (AvgIpc) is 3.23. The molecule has 0 radical (unpaired) electrons. The van der Waals surface area contributed by atoms with Crippen molar-refractivity contribution in [3.63, 3.8) is 0 Å². The third-order valence-corrected chi connectivity index (χ3v) is 5.56. The molecule has 3 rings (SSSR count). The lowest BCUT2D eigenvalue weighted by atomic mass is 10.0. The van der Waals surface area contributed by atoms with Crippen molar-refractivity contribution in [2.45, 2.75) is 52.5 Å². The molecule has 0 aliphatic rings. The molecular weight excluding hydrogens is 446 g/mol. The molecule has 0 spiro atoms. The Morgan fingerprint density at radius 3 is 2.60 bits per heavy atom. The van der Waals surface area contributed by atoms with Crippen LogP contribution in [0.3, 0.4) is 0 Å². The number of hydrogen-bond donors (Lipinski definition) is 3. The Balaban J connectivity index is 1.61. The summed E-state index contributed by atoms with van der Waals surface area (Å²) in [7, 11) is 0. The number of carbonyl (C=O) groups excluding carboxylic acids is 1. The van der Waals surface area contributed by atoms with Gasteiger partial charge < -0.3 is 24.9 Å². The monoisotopic (exact) mass is 479 g/mol. The number of nitrogens with zero attached hydrogens (tertiary/aromatic N) is 1. The first-order valence-corrected chi connectivity index (χ1v) is 12.0. The number of carboxylic acid groups (broad SMARTS) is 1. The molecule has 2 aromatic carbocycles. The number of unbranched alkanes of at least 4 members (excludes halogenated alkanes) is 1. The summed E-state index contributed by atoms with van der Waals surface area (Å²) in [6, 6.07) is 15.0. The fourth-order valence-corrected chi connectivity index (χ4v) is 3.59. The minimum atomic E-state index is -0.862. The van der Waals surface area contributed by atoms with Gasteiger partial charge in [-0.3, -0.25) is 4.79 Å². The number of carboxylic acids is 1. The van der Waals surface area contributed by atoms with Gasteiger partial charge in [-0.05, 0) is 55.2 Å². The summed E-state index contributed by atoms with van der Waals surface area (Å²) in [5, 5.41) is 14.7. The maximum atomic E-state index is 12.1. The van der Waals surface area contributed by atoms with Crippen LogP contribution in [-0.4, -0.2) is 35.2 Å². The number of rotatable bonds is 13. The van der Waals surface area contributed by atoms with Gasteiger partial charge in [0.05, 0.1) is 12.3 Å². The largest absolute Gasteiger partial charge is 0.493 e. The van der Waals surface area contributed by atoms with E-state index >= 15 is 0 Å². The number of aryl methyl sites for hydroxylation is 2. The van der Waals surface area contributed by atoms with Crippen molar-refractivity contribution in [2.24, 2.45) is 0 Å². The second-order valence-electron chi connectivity index (χ2n) is 8.27. The summed E-state index contributed by atoms with van der Waals surface area (Å²) in [5.41, 5.74) is 3.47. The Morgan fingerprint density at radius 2 is 1.86 bits per heavy atom. The van der Waals surface area contributed by atoms with Gasteiger partial charge in [-0.2, -0.15) is 0 Å². The zero-order valence-corrected chi connectivity index (χ0v) is 20.3. The number of ether oxygens (including phenoxy) is 1. The Bertz CT molecular complexity index is 1110. The molecule has 0 atom stereocenters. The van der Waals surface area contributed by atoms with Crippen molar-refractivity contribution in [1.82, 2.24) is 15.6 Å². The Hall–Kier alpha value is -3.81. The van der Waals surface area contributed by atoms with E-state index in [0.717, 1.165) is 41.0 Å². The van der Waals surface area contributed by atoms with Crippen LogP contribution in [0.2, 0.25) is 0 Å². The molecule has 1 aromatic heterocycles. The van der Waals surface area contributed by atoms with Gasteiger partial charge in [0.1, 0.15) is 11.5 Å². The van der Waals surface area contributed by atoms with Gasteiger partial charge >= 0.3 is 12.0 Å². The topological polar surface area (TPSA) is 114 Å². The van der Waals surface area contributed by atoms with Crippen LogP contribution in [0.5, 0.6) is 5.75 Å². The van der Waals surface area contributed by atoms with Crippen molar-refractivity contribution >= 4 is 12.0 Å². The fourth-order valence-electron chi connectivity index (χ4n) is 3.59. The molecule has 0 bridgehead atoms. The minimum absolute atomic E-state index is 0.0189. The molecular formula is C27H33N3O5. The first-order valence-electron chi connectivity index (χ1n) is 12.0. The molecule has 8 nitrogen and oxygen atoms in total. The van der Waals surface area contributed by atoms with Crippen LogP contribution in [0.4, 0.5) is 4.79 Å². The lowest BCUT2D eigenvalue weighted by molar-refractivity contribution is -0.136. The number of oxazole rings is 1. The molecule has 0 saturated heterocycles. The minimum Gasteiger partial charge on any atom is -0.493 e. The van der Waals surface area contributed by atoms with E-state index in [0.29, 0.717) is 37.6 Å². The van der Waals surface area contributed by atoms with E-state index in [9.17, 15) is 9.59 Å². The van der Waals surface area contributed by atoms with E-state index in [2.05, 4.69) is 22.5 Å². The van der Waals surface area contributed by atoms with Gasteiger partial charge in [0, 0.05) is 31.5 Å². The predicted octanol–water partition coefficient (Wildman–Crippen LogP) is 4.89. The molecule has 0 fully saturated rings. The second-order valence-corrected chi connectivity index (χ2v) is 8.27. The number of aliphatic carboxylic acids is 1. The van der Waals surface area contributed by atoms with Gasteiger partial charge in [-0.1, -0.05) is 37.6 Å². The average molecular weight is 480 g/mol. The Kier molecular flexibility index (Phi) is 9.71. The number of benzene rings is 2. The van der Waals surface area contributed by atoms with Crippen LogP contribution in [0.25, 0.3) is 11.5 Å². The summed E-state index contributed by atoms with van der Waals surface area (Å²) in [6.07, 6.45) is 2.89. The van der Waals surface area contributed by atoms with E-state index in [1.807, 2.05) is 55.5 Å². The summed E-state index contributed by atoms with van der Waals surface area (Å²) < 4.78 is 11.8. The van der Waals surface area contributed by atoms with Gasteiger partial charge in [0.25, 0.3) is 0 Å². The lowest BCUT2D eigenvalue weighted by Gasteiger charge is -2.14. The molecule has 3 N–H and O–H groups in total. The van der Waals surface area contributed by atoms with Crippen LogP contribution in [0.1, 0.15) is 48.8 Å². The first-order chi connectivity index (χ1) is 17.0. The lowest BCUT2D eigenvalue weighted by Crippen LogP contribution is -2.35. The van der Waals surface area contributed by atoms with Crippen LogP contribution >= 0.6 is 0 Å². The van der Waals surface area contributed by atoms with Gasteiger partial charge in [0.2, 0.25) is 5.89 Å². The number of carbonyl (C=O) groups is 2. The molecule has 0 aliphatic carbocycles. The highest BCUT2D eigenvalue weighted by molar-refractivity contribution is 5.73. The number of aromatic nitrogens is 1. The van der Waals surface area contributed by atoms with Crippen molar-refractivity contribution in [3.8, 4) is 17.2 Å². The van der Waals surface area contributed by atoms with Gasteiger partial charge in [-0.25, -0.2) is 9.78 Å². The van der Waals surface area contributed by atoms with Crippen molar-refractivity contribution < 1.29 is 23.8 Å². The molecule has 3 aromatic rings. The van der Waals surface area contributed by atoms with Crippen LogP contribution in [0, 0.1) is 6.92 Å². The number of nitrogens with one attached hydrogen (secondary N) is 2. The molecule has 0 unspecified atom stereocenters. The van der Waals surface area contributed by atoms with Crippen LogP contribution < -0.4 is 15.4 Å². The summed E-state index contributed by atoms with van der Waals surface area (Å²) in [6.45, 7) is 5.26. The van der Waals surface area contributed by atoms with Gasteiger partial charge in [-0.15, -0.1) is 0 Å². The van der Waals surface area contributed by atoms with E-state index in [1.165, 1.54) is 0 Å². The SMILES string of the molecule is CCCCNC(=O)NCc1cc(OCCc2nc(-c3ccccc3)oc2C)ccc1CCC(=O)O. The smallest absolute Gasteiger partial charge is 0.315 e. The van der Waals surface area contributed by atoms with E-state index < -0.39 is 5.97 Å². The molecule has 2 amide bonds. The first kappa shape index (κ1) is 25.8. The molecule has 186 valence electrons. The molecule has 1 heterocycles. The van der Waals surface area contributed by atoms with Crippen LogP contribution in [-0.2, 0) is 24.2 Å². The highest BCUT2D eigenvalue weighted by Crippen LogP contribution is 2.23. The molecule has 8 heteroatoms. The second kappa shape index (κ2) is 13.2. The van der Waals surface area contributed by atoms with Crippen molar-refractivity contribution in [2.75, 3.05) is 13.2 Å². The highest BCUT2D eigenvalue weighted by atomic mass is 16.5. The standard InChI is InChI=1S/C27H33N3O5/c1-3-4-15-28-27(33)29-18-22-17-23(12-10-20(22)11-13-25(31)32)34-16-14-24-19(2)35-26(30-24)21-8-6-5-7-9-21/h5-10,12,17H,3-4,11,13-16,18H2,1-2H3,(H,31,32)(H2,28,29,33). The van der Waals surface area contributed by atoms with E-state index in [1.54, 1.807) is 0 Å². The highest BCUT2D eigenvalue weighted by Gasteiger charge is 2.12. The normalized spacial score (nSPS) is 10.7. The Labute approximate surface area is 205 Å². The third-order valence-electron chi connectivity index (χ3n) is 5.56.